The van der Waals surface area contributed by atoms with E-state index in [-0.39, 0.29) is 23.3 Å². The van der Waals surface area contributed by atoms with Crippen molar-refractivity contribution in [2.45, 2.75) is 39.7 Å². The highest BCUT2D eigenvalue weighted by Crippen LogP contribution is 2.28. The third-order valence-electron chi connectivity index (χ3n) is 4.01. The molecule has 1 amide bonds. The third kappa shape index (κ3) is 4.13. The van der Waals surface area contributed by atoms with Crippen LogP contribution in [0.3, 0.4) is 0 Å². The summed E-state index contributed by atoms with van der Waals surface area (Å²) in [6, 6.07) is 7.99. The number of ether oxygens (including phenoxy) is 1. The number of alkyl halides is 1. The van der Waals surface area contributed by atoms with Gasteiger partial charge in [-0.05, 0) is 29.9 Å². The Morgan fingerprint density at radius 2 is 2.14 bits per heavy atom. The SMILES string of the molecule is CC(C)(C)C(CCCl)NC(=O)C1COc2ccccc2C1. The summed E-state index contributed by atoms with van der Waals surface area (Å²) >= 11 is 5.86. The van der Waals surface area contributed by atoms with Crippen LogP contribution in [0.4, 0.5) is 0 Å². The minimum absolute atomic E-state index is 0.00200. The molecule has 1 N–H and O–H groups in total. The van der Waals surface area contributed by atoms with Crippen molar-refractivity contribution in [1.82, 2.24) is 5.32 Å². The number of benzene rings is 1. The van der Waals surface area contributed by atoms with Crippen molar-refractivity contribution in [3.8, 4) is 5.75 Å². The highest BCUT2D eigenvalue weighted by atomic mass is 35.5. The van der Waals surface area contributed by atoms with Gasteiger partial charge in [-0.25, -0.2) is 0 Å². The number of para-hydroxylation sites is 1. The summed E-state index contributed by atoms with van der Waals surface area (Å²) in [6.07, 6.45) is 1.51. The Kier molecular flexibility index (Phi) is 5.15. The number of fused-ring (bicyclic) bond motifs is 1. The lowest BCUT2D eigenvalue weighted by atomic mass is 9.84. The van der Waals surface area contributed by atoms with Crippen molar-refractivity contribution in [3.05, 3.63) is 29.8 Å². The second-order valence-electron chi connectivity index (χ2n) is 6.72. The molecule has 2 atom stereocenters. The number of carbonyl (C=O) groups excluding carboxylic acids is 1. The standard InChI is InChI=1S/C17H24ClNO2/c1-17(2,3)15(8-9-18)19-16(20)13-10-12-6-4-5-7-14(12)21-11-13/h4-7,13,15H,8-11H2,1-3H3,(H,19,20). The first-order chi connectivity index (χ1) is 9.91. The maximum absolute atomic E-state index is 12.5. The van der Waals surface area contributed by atoms with Crippen LogP contribution in [-0.2, 0) is 11.2 Å². The molecule has 0 aliphatic carbocycles. The molecular weight excluding hydrogens is 286 g/mol. The Labute approximate surface area is 132 Å². The molecule has 1 aliphatic rings. The summed E-state index contributed by atoms with van der Waals surface area (Å²) in [5.74, 6) is 1.39. The first-order valence-corrected chi connectivity index (χ1v) is 8.02. The molecule has 0 radical (unpaired) electrons. The van der Waals surface area contributed by atoms with Crippen LogP contribution in [0, 0.1) is 11.3 Å². The molecule has 0 bridgehead atoms. The number of halogens is 1. The maximum atomic E-state index is 12.5. The van der Waals surface area contributed by atoms with Crippen molar-refractivity contribution in [2.75, 3.05) is 12.5 Å². The molecule has 116 valence electrons. The van der Waals surface area contributed by atoms with Crippen LogP contribution in [-0.4, -0.2) is 24.4 Å². The summed E-state index contributed by atoms with van der Waals surface area (Å²) in [6.45, 7) is 6.81. The van der Waals surface area contributed by atoms with E-state index in [2.05, 4.69) is 26.1 Å². The predicted molar refractivity (Wildman–Crippen MR) is 85.9 cm³/mol. The highest BCUT2D eigenvalue weighted by molar-refractivity contribution is 6.17. The Bertz CT molecular complexity index is 496. The molecule has 0 fully saturated rings. The number of nitrogens with one attached hydrogen (secondary N) is 1. The van der Waals surface area contributed by atoms with Crippen LogP contribution in [0.1, 0.15) is 32.8 Å². The van der Waals surface area contributed by atoms with Gasteiger partial charge >= 0.3 is 0 Å². The summed E-state index contributed by atoms with van der Waals surface area (Å²) < 4.78 is 5.70. The zero-order valence-corrected chi connectivity index (χ0v) is 13.7. The number of amides is 1. The molecule has 0 aromatic heterocycles. The Balaban J connectivity index is 2.01. The van der Waals surface area contributed by atoms with Crippen molar-refractivity contribution in [2.24, 2.45) is 11.3 Å². The van der Waals surface area contributed by atoms with E-state index in [4.69, 9.17) is 16.3 Å². The fourth-order valence-electron chi connectivity index (χ4n) is 2.62. The number of carbonyl (C=O) groups is 1. The fourth-order valence-corrected chi connectivity index (χ4v) is 2.84. The van der Waals surface area contributed by atoms with Gasteiger partial charge in [-0.15, -0.1) is 11.6 Å². The van der Waals surface area contributed by atoms with Gasteiger partial charge in [-0.2, -0.15) is 0 Å². The van der Waals surface area contributed by atoms with E-state index in [1.54, 1.807) is 0 Å². The van der Waals surface area contributed by atoms with E-state index in [0.717, 1.165) is 24.2 Å². The Morgan fingerprint density at radius 1 is 1.43 bits per heavy atom. The van der Waals surface area contributed by atoms with Gasteiger partial charge in [0.1, 0.15) is 12.4 Å². The average Bonchev–Trinajstić information content (AvgIpc) is 2.45. The molecule has 1 aromatic carbocycles. The second-order valence-corrected chi connectivity index (χ2v) is 7.10. The van der Waals surface area contributed by atoms with Gasteiger partial charge in [0.2, 0.25) is 5.91 Å². The molecule has 4 heteroatoms. The van der Waals surface area contributed by atoms with Crippen LogP contribution in [0.15, 0.2) is 24.3 Å². The van der Waals surface area contributed by atoms with Crippen molar-refractivity contribution in [1.29, 1.82) is 0 Å². The largest absolute Gasteiger partial charge is 0.492 e. The van der Waals surface area contributed by atoms with Crippen molar-refractivity contribution >= 4 is 17.5 Å². The lowest BCUT2D eigenvalue weighted by Gasteiger charge is -2.33. The molecule has 0 saturated heterocycles. The smallest absolute Gasteiger partial charge is 0.227 e. The van der Waals surface area contributed by atoms with Gasteiger partial charge < -0.3 is 10.1 Å². The zero-order chi connectivity index (χ0) is 15.5. The van der Waals surface area contributed by atoms with Crippen LogP contribution >= 0.6 is 11.6 Å². The minimum atomic E-state index is -0.125. The molecule has 2 rings (SSSR count). The van der Waals surface area contributed by atoms with Gasteiger partial charge in [-0.3, -0.25) is 4.79 Å². The first-order valence-electron chi connectivity index (χ1n) is 7.49. The molecule has 2 unspecified atom stereocenters. The molecular formula is C17H24ClNO2. The third-order valence-corrected chi connectivity index (χ3v) is 4.23. The summed E-state index contributed by atoms with van der Waals surface area (Å²) in [4.78, 5) is 12.5. The molecule has 3 nitrogen and oxygen atoms in total. The monoisotopic (exact) mass is 309 g/mol. The van der Waals surface area contributed by atoms with E-state index in [9.17, 15) is 4.79 Å². The van der Waals surface area contributed by atoms with E-state index in [0.29, 0.717) is 12.5 Å². The second kappa shape index (κ2) is 6.69. The van der Waals surface area contributed by atoms with Gasteiger partial charge in [0.15, 0.2) is 0 Å². The molecule has 1 heterocycles. The quantitative estimate of drug-likeness (QED) is 0.866. The average molecular weight is 310 g/mol. The molecule has 21 heavy (non-hydrogen) atoms. The highest BCUT2D eigenvalue weighted by Gasteiger charge is 2.31. The zero-order valence-electron chi connectivity index (χ0n) is 13.0. The number of hydrogen-bond donors (Lipinski definition) is 1. The van der Waals surface area contributed by atoms with Gasteiger partial charge in [-0.1, -0.05) is 39.0 Å². The van der Waals surface area contributed by atoms with Gasteiger partial charge in [0, 0.05) is 11.9 Å². The van der Waals surface area contributed by atoms with Crippen LogP contribution < -0.4 is 10.1 Å². The minimum Gasteiger partial charge on any atom is -0.492 e. The number of hydrogen-bond acceptors (Lipinski definition) is 2. The lowest BCUT2D eigenvalue weighted by Crippen LogP contribution is -2.48. The predicted octanol–water partition coefficient (Wildman–Crippen LogP) is 3.40. The van der Waals surface area contributed by atoms with Gasteiger partial charge in [0.05, 0.1) is 5.92 Å². The first kappa shape index (κ1) is 16.2. The van der Waals surface area contributed by atoms with E-state index < -0.39 is 0 Å². The summed E-state index contributed by atoms with van der Waals surface area (Å²) in [5, 5.41) is 3.16. The van der Waals surface area contributed by atoms with E-state index in [1.165, 1.54) is 0 Å². The number of rotatable bonds is 4. The topological polar surface area (TPSA) is 38.3 Å². The van der Waals surface area contributed by atoms with Gasteiger partial charge in [0.25, 0.3) is 0 Å². The molecule has 0 saturated carbocycles. The molecule has 0 spiro atoms. The van der Waals surface area contributed by atoms with Crippen molar-refractivity contribution < 1.29 is 9.53 Å². The molecule has 1 aromatic rings. The Morgan fingerprint density at radius 3 is 2.81 bits per heavy atom. The molecule has 1 aliphatic heterocycles. The normalized spacial score (nSPS) is 19.3. The van der Waals surface area contributed by atoms with E-state index >= 15 is 0 Å². The summed E-state index contributed by atoms with van der Waals surface area (Å²) in [7, 11) is 0. The maximum Gasteiger partial charge on any atom is 0.227 e. The lowest BCUT2D eigenvalue weighted by molar-refractivity contribution is -0.127. The van der Waals surface area contributed by atoms with Crippen LogP contribution in [0.2, 0.25) is 0 Å². The van der Waals surface area contributed by atoms with Crippen LogP contribution in [0.25, 0.3) is 0 Å². The fraction of sp³-hybridized carbons (Fsp3) is 0.588. The summed E-state index contributed by atoms with van der Waals surface area (Å²) in [5.41, 5.74) is 1.10. The van der Waals surface area contributed by atoms with Crippen molar-refractivity contribution in [3.63, 3.8) is 0 Å². The Hall–Kier alpha value is -1.22. The van der Waals surface area contributed by atoms with Crippen LogP contribution in [0.5, 0.6) is 5.75 Å². The van der Waals surface area contributed by atoms with E-state index in [1.807, 2.05) is 24.3 Å².